The molecule has 3 heteroatoms. The van der Waals surface area contributed by atoms with Crippen molar-refractivity contribution in [1.29, 1.82) is 0 Å². The van der Waals surface area contributed by atoms with Crippen molar-refractivity contribution < 1.29 is 5.11 Å². The monoisotopic (exact) mass is 254 g/mol. The highest BCUT2D eigenvalue weighted by Crippen LogP contribution is 2.12. The summed E-state index contributed by atoms with van der Waals surface area (Å²) in [5.41, 5.74) is 4.43. The molecule has 1 aromatic carbocycles. The molecule has 1 N–H and O–H groups in total. The van der Waals surface area contributed by atoms with Crippen LogP contribution in [0.5, 0.6) is 0 Å². The van der Waals surface area contributed by atoms with Gasteiger partial charge in [-0.25, -0.2) is 4.98 Å². The molecule has 1 heterocycles. The minimum atomic E-state index is 0.106. The first-order valence-electron chi connectivity index (χ1n) is 6.38. The molecule has 1 aromatic heterocycles. The summed E-state index contributed by atoms with van der Waals surface area (Å²) in [6, 6.07) is 8.10. The molecule has 0 aliphatic heterocycles. The van der Waals surface area contributed by atoms with Crippen molar-refractivity contribution in [3.8, 4) is 11.8 Å². The normalized spacial score (nSPS) is 10.1. The van der Waals surface area contributed by atoms with Crippen molar-refractivity contribution in [2.24, 2.45) is 0 Å². The van der Waals surface area contributed by atoms with E-state index in [-0.39, 0.29) is 6.61 Å². The van der Waals surface area contributed by atoms with Gasteiger partial charge in [0.05, 0.1) is 18.6 Å². The van der Waals surface area contributed by atoms with Gasteiger partial charge >= 0.3 is 0 Å². The molecule has 0 saturated carbocycles. The quantitative estimate of drug-likeness (QED) is 0.853. The Hall–Kier alpha value is -2.05. The molecular weight excluding hydrogens is 236 g/mol. The van der Waals surface area contributed by atoms with Crippen LogP contribution in [0.15, 0.2) is 30.6 Å². The fraction of sp³-hybridized carbons (Fsp3) is 0.312. The zero-order valence-electron chi connectivity index (χ0n) is 11.3. The third-order valence-corrected chi connectivity index (χ3v) is 3.16. The van der Waals surface area contributed by atoms with Gasteiger partial charge in [0.1, 0.15) is 0 Å². The smallest absolute Gasteiger partial charge is 0.0954 e. The molecule has 2 aromatic rings. The molecule has 19 heavy (non-hydrogen) atoms. The van der Waals surface area contributed by atoms with Gasteiger partial charge in [0.2, 0.25) is 0 Å². The lowest BCUT2D eigenvalue weighted by molar-refractivity contribution is 0.305. The number of imidazole rings is 1. The lowest BCUT2D eigenvalue weighted by Crippen LogP contribution is -2.02. The average molecular weight is 254 g/mol. The summed E-state index contributed by atoms with van der Waals surface area (Å²) >= 11 is 0. The van der Waals surface area contributed by atoms with Crippen LogP contribution in [0.3, 0.4) is 0 Å². The zero-order chi connectivity index (χ0) is 13.7. The summed E-state index contributed by atoms with van der Waals surface area (Å²) in [5.74, 6) is 6.09. The number of rotatable bonds is 3. The van der Waals surface area contributed by atoms with Gasteiger partial charge in [-0.2, -0.15) is 0 Å². The van der Waals surface area contributed by atoms with Crippen LogP contribution in [0.2, 0.25) is 0 Å². The van der Waals surface area contributed by atoms with E-state index in [0.717, 1.165) is 17.8 Å². The number of nitrogens with zero attached hydrogens (tertiary/aromatic N) is 2. The van der Waals surface area contributed by atoms with Gasteiger partial charge in [0.25, 0.3) is 0 Å². The molecule has 98 valence electrons. The minimum absolute atomic E-state index is 0.106. The molecule has 2 rings (SSSR count). The molecule has 0 amide bonds. The lowest BCUT2D eigenvalue weighted by atomic mass is 10.1. The number of hydrogen-bond donors (Lipinski definition) is 1. The van der Waals surface area contributed by atoms with Gasteiger partial charge in [-0.15, -0.1) is 0 Å². The summed E-state index contributed by atoms with van der Waals surface area (Å²) in [5, 5.41) is 8.77. The average Bonchev–Trinajstić information content (AvgIpc) is 2.73. The molecule has 0 aliphatic rings. The van der Waals surface area contributed by atoms with Crippen molar-refractivity contribution >= 4 is 0 Å². The van der Waals surface area contributed by atoms with E-state index in [1.54, 1.807) is 0 Å². The van der Waals surface area contributed by atoms with Crippen LogP contribution in [0.4, 0.5) is 0 Å². The van der Waals surface area contributed by atoms with Gasteiger partial charge in [0, 0.05) is 24.2 Å². The van der Waals surface area contributed by atoms with Crippen LogP contribution >= 0.6 is 0 Å². The van der Waals surface area contributed by atoms with Crippen LogP contribution in [-0.2, 0) is 6.54 Å². The molecule has 0 unspecified atom stereocenters. The molecule has 3 nitrogen and oxygen atoms in total. The van der Waals surface area contributed by atoms with E-state index in [2.05, 4.69) is 34.4 Å². The minimum Gasteiger partial charge on any atom is -0.395 e. The second-order valence-electron chi connectivity index (χ2n) is 4.48. The van der Waals surface area contributed by atoms with E-state index in [1.165, 1.54) is 11.3 Å². The van der Waals surface area contributed by atoms with Crippen LogP contribution < -0.4 is 0 Å². The van der Waals surface area contributed by atoms with E-state index in [0.29, 0.717) is 6.42 Å². The topological polar surface area (TPSA) is 38.0 Å². The number of aliphatic hydroxyl groups excluding tert-OH is 1. The van der Waals surface area contributed by atoms with Gasteiger partial charge in [-0.05, 0) is 25.5 Å². The fourth-order valence-electron chi connectivity index (χ4n) is 1.88. The third-order valence-electron chi connectivity index (χ3n) is 3.16. The predicted molar refractivity (Wildman–Crippen MR) is 75.8 cm³/mol. The maximum absolute atomic E-state index is 8.77. The van der Waals surface area contributed by atoms with Crippen LogP contribution in [0.25, 0.3) is 0 Å². The van der Waals surface area contributed by atoms with E-state index in [9.17, 15) is 0 Å². The highest BCUT2D eigenvalue weighted by Gasteiger charge is 2.05. The van der Waals surface area contributed by atoms with E-state index < -0.39 is 0 Å². The molecule has 0 bridgehead atoms. The Morgan fingerprint density at radius 3 is 2.74 bits per heavy atom. The number of aliphatic hydroxyl groups is 1. The number of hydrogen-bond acceptors (Lipinski definition) is 2. The largest absolute Gasteiger partial charge is 0.395 e. The van der Waals surface area contributed by atoms with Crippen molar-refractivity contribution in [3.63, 3.8) is 0 Å². The predicted octanol–water partition coefficient (Wildman–Crippen LogP) is 2.28. The Bertz CT molecular complexity index is 617. The van der Waals surface area contributed by atoms with Crippen molar-refractivity contribution in [2.45, 2.75) is 26.8 Å². The molecule has 0 atom stereocenters. The first kappa shape index (κ1) is 13.4. The highest BCUT2D eigenvalue weighted by atomic mass is 16.2. The summed E-state index contributed by atoms with van der Waals surface area (Å²) in [6.45, 7) is 4.97. The lowest BCUT2D eigenvalue weighted by Gasteiger charge is -2.07. The zero-order valence-corrected chi connectivity index (χ0v) is 11.3. The molecule has 0 radical (unpaired) electrons. The van der Waals surface area contributed by atoms with Gasteiger partial charge in [0.15, 0.2) is 0 Å². The Balaban J connectivity index is 2.26. The van der Waals surface area contributed by atoms with E-state index in [4.69, 9.17) is 5.11 Å². The Kier molecular flexibility index (Phi) is 4.38. The fourth-order valence-corrected chi connectivity index (χ4v) is 1.88. The summed E-state index contributed by atoms with van der Waals surface area (Å²) in [6.07, 6.45) is 2.38. The molecular formula is C16H18N2O. The van der Waals surface area contributed by atoms with Crippen molar-refractivity contribution in [3.05, 3.63) is 53.1 Å². The second kappa shape index (κ2) is 6.21. The van der Waals surface area contributed by atoms with Gasteiger partial charge < -0.3 is 9.67 Å². The summed E-state index contributed by atoms with van der Waals surface area (Å²) in [7, 11) is 0. The second-order valence-corrected chi connectivity index (χ2v) is 4.48. The van der Waals surface area contributed by atoms with Crippen LogP contribution in [0.1, 0.15) is 28.9 Å². The molecule has 0 saturated heterocycles. The maximum atomic E-state index is 8.77. The Labute approximate surface area is 113 Å². The standard InChI is InChI=1S/C16H18N2O/c1-13-14(2)18(12-17-13)11-16-9-4-3-7-15(16)8-5-6-10-19/h3-4,7,9,12,19H,6,10-11H2,1-2H3. The molecule has 0 fully saturated rings. The molecule has 0 aliphatic carbocycles. The number of aromatic nitrogens is 2. The van der Waals surface area contributed by atoms with Crippen molar-refractivity contribution in [2.75, 3.05) is 6.61 Å². The SMILES string of the molecule is Cc1ncn(Cc2ccccc2C#CCCO)c1C. The van der Waals surface area contributed by atoms with Crippen molar-refractivity contribution in [1.82, 2.24) is 9.55 Å². The first-order valence-corrected chi connectivity index (χ1v) is 6.38. The molecule has 0 spiro atoms. The van der Waals surface area contributed by atoms with Gasteiger partial charge in [-0.1, -0.05) is 30.0 Å². The number of benzene rings is 1. The van der Waals surface area contributed by atoms with Gasteiger partial charge in [-0.3, -0.25) is 0 Å². The first-order chi connectivity index (χ1) is 9.22. The maximum Gasteiger partial charge on any atom is 0.0954 e. The summed E-state index contributed by atoms with van der Waals surface area (Å²) < 4.78 is 2.13. The third kappa shape index (κ3) is 3.24. The number of aryl methyl sites for hydroxylation is 1. The Morgan fingerprint density at radius 1 is 1.26 bits per heavy atom. The van der Waals surface area contributed by atoms with E-state index >= 15 is 0 Å². The van der Waals surface area contributed by atoms with Crippen LogP contribution in [0, 0.1) is 25.7 Å². The van der Waals surface area contributed by atoms with E-state index in [1.807, 2.05) is 31.5 Å². The summed E-state index contributed by atoms with van der Waals surface area (Å²) in [4.78, 5) is 4.31. The Morgan fingerprint density at radius 2 is 2.05 bits per heavy atom. The van der Waals surface area contributed by atoms with Crippen LogP contribution in [-0.4, -0.2) is 21.3 Å². The highest BCUT2D eigenvalue weighted by molar-refractivity contribution is 5.41.